The van der Waals surface area contributed by atoms with Crippen molar-refractivity contribution >= 4 is 11.8 Å². The summed E-state index contributed by atoms with van der Waals surface area (Å²) in [5.41, 5.74) is -2.50. The molecule has 0 bridgehead atoms. The van der Waals surface area contributed by atoms with Crippen molar-refractivity contribution in [3.05, 3.63) is 33.1 Å². The van der Waals surface area contributed by atoms with Crippen molar-refractivity contribution in [1.82, 2.24) is 9.36 Å². The van der Waals surface area contributed by atoms with Gasteiger partial charge in [0.2, 0.25) is 0 Å². The van der Waals surface area contributed by atoms with Gasteiger partial charge in [0.05, 0.1) is 6.61 Å². The first kappa shape index (κ1) is 11.4. The number of aromatic nitrogens is 2. The van der Waals surface area contributed by atoms with Crippen LogP contribution in [0.2, 0.25) is 0 Å². The molecule has 2 atom stereocenters. The lowest BCUT2D eigenvalue weighted by Gasteiger charge is -2.13. The zero-order valence-electron chi connectivity index (χ0n) is 8.08. The predicted octanol–water partition coefficient (Wildman–Crippen LogP) is -0.677. The first-order chi connectivity index (χ1) is 7.63. The van der Waals surface area contributed by atoms with Crippen LogP contribution in [-0.4, -0.2) is 32.3 Å². The van der Waals surface area contributed by atoms with Crippen LogP contribution in [0.3, 0.4) is 0 Å². The molecule has 6 nitrogen and oxygen atoms in total. The Morgan fingerprint density at radius 2 is 2.38 bits per heavy atom. The zero-order chi connectivity index (χ0) is 11.7. The molecular formula is C8H9FN2O4S. The second-order valence-corrected chi connectivity index (χ2v) is 4.35. The molecule has 1 N–H and O–H groups in total. The van der Waals surface area contributed by atoms with Crippen LogP contribution >= 0.6 is 11.8 Å². The van der Waals surface area contributed by atoms with Crippen LogP contribution in [0.15, 0.2) is 21.9 Å². The number of halogens is 1. The van der Waals surface area contributed by atoms with Gasteiger partial charge in [0.25, 0.3) is 5.56 Å². The third kappa shape index (κ3) is 1.91. The van der Waals surface area contributed by atoms with Crippen LogP contribution in [0.1, 0.15) is 6.23 Å². The van der Waals surface area contributed by atoms with Crippen molar-refractivity contribution in [2.24, 2.45) is 0 Å². The van der Waals surface area contributed by atoms with Gasteiger partial charge in [-0.3, -0.25) is 9.36 Å². The molecular weight excluding hydrogens is 242 g/mol. The molecule has 0 unspecified atom stereocenters. The van der Waals surface area contributed by atoms with Crippen molar-refractivity contribution in [3.8, 4) is 0 Å². The van der Waals surface area contributed by atoms with Crippen molar-refractivity contribution in [3.63, 3.8) is 0 Å². The Morgan fingerprint density at radius 3 is 3.00 bits per heavy atom. The van der Waals surface area contributed by atoms with Crippen molar-refractivity contribution in [2.75, 3.05) is 12.4 Å². The molecule has 1 aliphatic heterocycles. The van der Waals surface area contributed by atoms with Crippen LogP contribution in [0, 0.1) is 0 Å². The molecule has 1 aromatic rings. The van der Waals surface area contributed by atoms with Gasteiger partial charge in [-0.25, -0.2) is 4.79 Å². The molecule has 0 spiro atoms. The Morgan fingerprint density at radius 1 is 1.62 bits per heavy atom. The van der Waals surface area contributed by atoms with Gasteiger partial charge in [-0.2, -0.15) is 0 Å². The molecule has 1 aromatic heterocycles. The molecule has 0 radical (unpaired) electrons. The van der Waals surface area contributed by atoms with E-state index in [1.165, 1.54) is 18.0 Å². The first-order valence-corrected chi connectivity index (χ1v) is 5.56. The second-order valence-electron chi connectivity index (χ2n) is 3.16. The topological polar surface area (TPSA) is 73.5 Å². The summed E-state index contributed by atoms with van der Waals surface area (Å²) in [6.07, 6.45) is 0.531. The summed E-state index contributed by atoms with van der Waals surface area (Å²) in [5.74, 6) is 0.420. The molecule has 8 heteroatoms. The highest BCUT2D eigenvalue weighted by atomic mass is 32.2. The Hall–Kier alpha value is -1.12. The Balaban J connectivity index is 2.33. The van der Waals surface area contributed by atoms with E-state index in [0.717, 1.165) is 10.6 Å². The van der Waals surface area contributed by atoms with Gasteiger partial charge in [0.1, 0.15) is 11.7 Å². The fraction of sp³-hybridized carbons (Fsp3) is 0.500. The van der Waals surface area contributed by atoms with Gasteiger partial charge >= 0.3 is 5.69 Å². The third-order valence-electron chi connectivity index (χ3n) is 2.15. The van der Waals surface area contributed by atoms with E-state index in [2.05, 4.69) is 0 Å². The molecule has 0 aliphatic carbocycles. The summed E-state index contributed by atoms with van der Waals surface area (Å²) in [6.45, 7) is -0.175. The minimum absolute atomic E-state index is 0.175. The van der Waals surface area contributed by atoms with Crippen LogP contribution in [-0.2, 0) is 4.74 Å². The SMILES string of the molecule is O=c1cc[15n]([C@H]2CS[C@@H](CO)O2)[13c](=O)[15n]1F. The number of aliphatic hydroxyl groups excluding tert-OH is 1. The Labute approximate surface area is 93.2 Å². The fourth-order valence-corrected chi connectivity index (χ4v) is 2.30. The number of thioether (sulfide) groups is 1. The largest absolute Gasteiger partial charge is 0.393 e. The Bertz CT molecular complexity index is 500. The van der Waals surface area contributed by atoms with E-state index in [4.69, 9.17) is 9.84 Å². The normalized spacial score (nSPS) is 24.9. The zero-order valence-corrected chi connectivity index (χ0v) is 8.89. The van der Waals surface area contributed by atoms with Crippen LogP contribution in [0.5, 0.6) is 0 Å². The summed E-state index contributed by atoms with van der Waals surface area (Å²) >= 11 is 1.32. The highest BCUT2D eigenvalue weighted by molar-refractivity contribution is 8.00. The van der Waals surface area contributed by atoms with Crippen LogP contribution in [0.4, 0.5) is 4.48 Å². The second kappa shape index (κ2) is 4.40. The summed E-state index contributed by atoms with van der Waals surface area (Å²) < 4.78 is 19.2. The summed E-state index contributed by atoms with van der Waals surface area (Å²) in [7, 11) is 0. The van der Waals surface area contributed by atoms with Crippen LogP contribution in [0.25, 0.3) is 0 Å². The molecule has 0 saturated carbocycles. The predicted molar refractivity (Wildman–Crippen MR) is 54.9 cm³/mol. The average molecular weight is 251 g/mol. The Kier molecular flexibility index (Phi) is 3.13. The number of ether oxygens (including phenoxy) is 1. The van der Waals surface area contributed by atoms with E-state index < -0.39 is 27.7 Å². The molecule has 1 saturated heterocycles. The lowest BCUT2D eigenvalue weighted by Crippen LogP contribution is -2.37. The molecule has 1 aliphatic rings. The molecule has 16 heavy (non-hydrogen) atoms. The molecule has 2 rings (SSSR count). The number of hydrogen-bond donors (Lipinski definition) is 1. The van der Waals surface area contributed by atoms with Crippen molar-refractivity contribution < 1.29 is 14.3 Å². The third-order valence-corrected chi connectivity index (χ3v) is 3.26. The number of aliphatic hydroxyl groups is 1. The van der Waals surface area contributed by atoms with E-state index in [1.807, 2.05) is 0 Å². The lowest BCUT2D eigenvalue weighted by molar-refractivity contribution is -0.00842. The van der Waals surface area contributed by atoms with Gasteiger partial charge in [-0.15, -0.1) is 11.8 Å². The minimum atomic E-state index is -1.07. The highest BCUT2D eigenvalue weighted by Gasteiger charge is 2.27. The maximum Gasteiger partial charge on any atom is 0.362 e. The number of hydrogen-bond acceptors (Lipinski definition) is 5. The van der Waals surface area contributed by atoms with E-state index in [1.54, 1.807) is 0 Å². The maximum absolute atomic E-state index is 13.0. The summed E-state index contributed by atoms with van der Waals surface area (Å²) in [5, 5.41) is 8.84. The van der Waals surface area contributed by atoms with Gasteiger partial charge in [0.15, 0.2) is 0 Å². The average Bonchev–Trinajstić information content (AvgIpc) is 2.74. The summed E-state index contributed by atoms with van der Waals surface area (Å²) in [4.78, 5) is 21.7. The maximum atomic E-state index is 13.0. The standard InChI is InChI=1S/C8H9FN2O4S/c9-11-5(13)1-2-10(8(11)14)6-4-16-7(3-12)15-6/h1-2,6-7,12H,3-4H2/t6-,7+/m1/s1/i8+1,10+1,11+1. The van der Waals surface area contributed by atoms with Crippen molar-refractivity contribution in [1.29, 1.82) is 0 Å². The lowest BCUT2D eigenvalue weighted by atomic mass is 10.6. The van der Waals surface area contributed by atoms with E-state index in [-0.39, 0.29) is 6.61 Å². The summed E-state index contributed by atoms with van der Waals surface area (Å²) in [6, 6.07) is 0.946. The number of rotatable bonds is 2. The number of nitrogens with zero attached hydrogens (tertiary/aromatic N) is 2. The van der Waals surface area contributed by atoms with Crippen molar-refractivity contribution in [2.45, 2.75) is 11.7 Å². The van der Waals surface area contributed by atoms with E-state index in [9.17, 15) is 14.1 Å². The monoisotopic (exact) mass is 251 g/mol. The molecule has 2 heterocycles. The van der Waals surface area contributed by atoms with E-state index >= 15 is 0 Å². The molecule has 1 fully saturated rings. The van der Waals surface area contributed by atoms with Gasteiger partial charge < -0.3 is 9.84 Å². The fourth-order valence-electron chi connectivity index (χ4n) is 1.37. The molecule has 0 aromatic carbocycles. The molecule has 88 valence electrons. The minimum Gasteiger partial charge on any atom is -0.393 e. The quantitative estimate of drug-likeness (QED) is 0.754. The van der Waals surface area contributed by atoms with E-state index in [0.29, 0.717) is 5.75 Å². The van der Waals surface area contributed by atoms with Crippen LogP contribution < -0.4 is 11.2 Å². The van der Waals surface area contributed by atoms with Gasteiger partial charge in [0, 0.05) is 18.0 Å². The van der Waals surface area contributed by atoms with Gasteiger partial charge in [-0.05, 0) is 0 Å². The molecule has 0 amide bonds. The smallest absolute Gasteiger partial charge is 0.362 e. The highest BCUT2D eigenvalue weighted by Crippen LogP contribution is 2.30. The first-order valence-electron chi connectivity index (χ1n) is 4.52. The van der Waals surface area contributed by atoms with Gasteiger partial charge in [-0.1, -0.05) is 9.27 Å².